The lowest BCUT2D eigenvalue weighted by Gasteiger charge is -2.29. The van der Waals surface area contributed by atoms with Crippen LogP contribution in [-0.2, 0) is 31.0 Å². The number of benzene rings is 1. The molecule has 0 bridgehead atoms. The van der Waals surface area contributed by atoms with Gasteiger partial charge in [0.05, 0.1) is 5.02 Å². The van der Waals surface area contributed by atoms with Crippen molar-refractivity contribution in [3.63, 3.8) is 0 Å². The second-order valence-corrected chi connectivity index (χ2v) is 11.5. The average molecular weight is 664 g/mol. The summed E-state index contributed by atoms with van der Waals surface area (Å²) in [5.74, 6) is -4.70. The predicted octanol–water partition coefficient (Wildman–Crippen LogP) is 0.125. The first kappa shape index (κ1) is 34.1. The number of carboxylic acids is 1. The van der Waals surface area contributed by atoms with Crippen LogP contribution in [0.1, 0.15) is 49.0 Å². The highest BCUT2D eigenvalue weighted by Crippen LogP contribution is 2.22. The number of carbonyl (C=O) groups is 6. The average Bonchev–Trinajstić information content (AvgIpc) is 3.58. The maximum absolute atomic E-state index is 14.0. The van der Waals surface area contributed by atoms with Crippen LogP contribution in [0.4, 0.5) is 4.39 Å². The fraction of sp³-hybridized carbons (Fsp3) is 0.483. The molecule has 4 rings (SSSR count). The maximum atomic E-state index is 14.0. The molecule has 5 N–H and O–H groups in total. The zero-order valence-electron chi connectivity index (χ0n) is 25.0. The molecule has 1 aromatic heterocycles. The van der Waals surface area contributed by atoms with Crippen LogP contribution in [0.25, 0.3) is 0 Å². The first-order chi connectivity index (χ1) is 21.9. The van der Waals surface area contributed by atoms with Gasteiger partial charge in [0.1, 0.15) is 29.7 Å². The molecule has 2 aliphatic heterocycles. The predicted molar refractivity (Wildman–Crippen MR) is 159 cm³/mol. The molecule has 2 saturated heterocycles. The number of carbonyl (C=O) groups excluding carboxylic acids is 5. The number of fused-ring (bicyclic) bond motifs is 1. The summed E-state index contributed by atoms with van der Waals surface area (Å²) in [6, 6.07) is 0.544. The summed E-state index contributed by atoms with van der Waals surface area (Å²) >= 11 is 6.14. The van der Waals surface area contributed by atoms with Gasteiger partial charge in [0.15, 0.2) is 12.3 Å². The van der Waals surface area contributed by atoms with E-state index in [-0.39, 0.29) is 55.2 Å². The molecule has 2 aliphatic rings. The van der Waals surface area contributed by atoms with Gasteiger partial charge in [0, 0.05) is 38.8 Å². The Hall–Kier alpha value is -4.73. The number of aryl methyl sites for hydroxylation is 1. The van der Waals surface area contributed by atoms with E-state index in [1.54, 1.807) is 7.05 Å². The van der Waals surface area contributed by atoms with Gasteiger partial charge in [-0.15, -0.1) is 0 Å². The summed E-state index contributed by atoms with van der Waals surface area (Å²) in [4.78, 5) is 78.8. The van der Waals surface area contributed by atoms with E-state index in [0.29, 0.717) is 12.8 Å². The number of hydrogen-bond donors (Lipinski definition) is 5. The van der Waals surface area contributed by atoms with E-state index in [0.717, 1.165) is 0 Å². The molecule has 0 unspecified atom stereocenters. The van der Waals surface area contributed by atoms with Crippen LogP contribution in [0.3, 0.4) is 0 Å². The zero-order valence-corrected chi connectivity index (χ0v) is 25.7. The quantitative estimate of drug-likeness (QED) is 0.273. The topological polar surface area (TPSA) is 201 Å². The van der Waals surface area contributed by atoms with Gasteiger partial charge in [-0.25, -0.2) is 9.18 Å². The van der Waals surface area contributed by atoms with Crippen LogP contribution in [-0.4, -0.2) is 99.2 Å². The highest BCUT2D eigenvalue weighted by molar-refractivity contribution is 6.33. The van der Waals surface area contributed by atoms with E-state index in [2.05, 4.69) is 26.4 Å². The van der Waals surface area contributed by atoms with Crippen LogP contribution in [0.5, 0.6) is 5.75 Å². The third kappa shape index (κ3) is 9.15. The van der Waals surface area contributed by atoms with E-state index >= 15 is 0 Å². The van der Waals surface area contributed by atoms with Gasteiger partial charge in [-0.2, -0.15) is 5.10 Å². The van der Waals surface area contributed by atoms with E-state index < -0.39 is 72.1 Å². The summed E-state index contributed by atoms with van der Waals surface area (Å²) in [5, 5.41) is 24.3. The highest BCUT2D eigenvalue weighted by Gasteiger charge is 2.43. The van der Waals surface area contributed by atoms with E-state index in [1.807, 2.05) is 0 Å². The van der Waals surface area contributed by atoms with Crippen molar-refractivity contribution in [3.05, 3.63) is 47.0 Å². The molecule has 4 atom stereocenters. The van der Waals surface area contributed by atoms with Crippen LogP contribution >= 0.6 is 11.6 Å². The number of halogens is 2. The van der Waals surface area contributed by atoms with Gasteiger partial charge in [0.25, 0.3) is 11.8 Å². The molecule has 5 amide bonds. The number of aliphatic carboxylic acids is 1. The molecule has 15 nitrogen and oxygen atoms in total. The largest absolute Gasteiger partial charge is 0.484 e. The smallest absolute Gasteiger partial charge is 0.326 e. The van der Waals surface area contributed by atoms with Gasteiger partial charge in [-0.3, -0.25) is 28.7 Å². The number of aromatic nitrogens is 2. The van der Waals surface area contributed by atoms with Crippen molar-refractivity contribution < 1.29 is 43.0 Å². The van der Waals surface area contributed by atoms with Crippen molar-refractivity contribution in [2.45, 2.75) is 62.7 Å². The standard InChI is InChI=1S/C29H35ClFN7O8/c1-37-14-19(30)25(36-37)27(42)34-20-4-2-3-11-32-23(39)10-9-21(29(44)45)35-26(41)22-12-17(13-38(22)28(20)43)33-24(40)15-46-18-7-5-16(31)6-8-18/h5-8,14,17,20-22H,2-4,9-13,15H2,1H3,(H,32,39)(H,33,40)(H,34,42)(H,35,41)(H,44,45)/t17-,20+,21+,22+/m1/s1. The van der Waals surface area contributed by atoms with Gasteiger partial charge in [-0.05, 0) is 56.4 Å². The molecule has 17 heteroatoms. The van der Waals surface area contributed by atoms with Gasteiger partial charge < -0.3 is 36.0 Å². The molecule has 0 radical (unpaired) electrons. The fourth-order valence-electron chi connectivity index (χ4n) is 5.27. The summed E-state index contributed by atoms with van der Waals surface area (Å²) in [6.07, 6.45) is 2.00. The van der Waals surface area contributed by atoms with Crippen molar-refractivity contribution in [1.82, 2.24) is 35.9 Å². The van der Waals surface area contributed by atoms with Crippen LogP contribution in [0, 0.1) is 5.82 Å². The lowest BCUT2D eigenvalue weighted by Crippen LogP contribution is -2.55. The Bertz CT molecular complexity index is 1470. The molecule has 46 heavy (non-hydrogen) atoms. The number of ether oxygens (including phenoxy) is 1. The van der Waals surface area contributed by atoms with Crippen molar-refractivity contribution >= 4 is 47.1 Å². The van der Waals surface area contributed by atoms with Crippen molar-refractivity contribution in [3.8, 4) is 5.75 Å². The van der Waals surface area contributed by atoms with E-state index in [4.69, 9.17) is 16.3 Å². The van der Waals surface area contributed by atoms with Gasteiger partial charge in [-0.1, -0.05) is 11.6 Å². The number of carboxylic acid groups (broad SMARTS) is 1. The highest BCUT2D eigenvalue weighted by atomic mass is 35.5. The summed E-state index contributed by atoms with van der Waals surface area (Å²) in [6.45, 7) is -0.308. The molecule has 248 valence electrons. The minimum Gasteiger partial charge on any atom is -0.484 e. The minimum atomic E-state index is -1.42. The number of nitrogens with zero attached hydrogens (tertiary/aromatic N) is 3. The summed E-state index contributed by atoms with van der Waals surface area (Å²) in [7, 11) is 1.57. The SMILES string of the molecule is Cn1cc(Cl)c(C(=O)N[C@H]2CCCCNC(=O)CC[C@@H](C(=O)O)NC(=O)[C@@H]3C[C@@H](NC(=O)COc4ccc(F)cc4)CN3C2=O)n1. The lowest BCUT2D eigenvalue weighted by atomic mass is 10.1. The molecule has 1 aromatic carbocycles. The summed E-state index contributed by atoms with van der Waals surface area (Å²) in [5.41, 5.74) is -0.105. The number of nitrogens with one attached hydrogen (secondary N) is 4. The van der Waals surface area contributed by atoms with E-state index in [1.165, 1.54) is 40.0 Å². The second kappa shape index (κ2) is 15.5. The lowest BCUT2D eigenvalue weighted by molar-refractivity contribution is -0.144. The van der Waals surface area contributed by atoms with Gasteiger partial charge >= 0.3 is 5.97 Å². The molecule has 0 saturated carbocycles. The Morgan fingerprint density at radius 1 is 1.13 bits per heavy atom. The molecule has 0 spiro atoms. The Morgan fingerprint density at radius 3 is 2.54 bits per heavy atom. The Morgan fingerprint density at radius 2 is 1.87 bits per heavy atom. The molecular weight excluding hydrogens is 629 g/mol. The normalized spacial score (nSPS) is 22.8. The van der Waals surface area contributed by atoms with Crippen LogP contribution in [0.2, 0.25) is 5.02 Å². The van der Waals surface area contributed by atoms with Crippen LogP contribution < -0.4 is 26.0 Å². The molecular formula is C29H35ClFN7O8. The first-order valence-electron chi connectivity index (χ1n) is 14.7. The molecule has 2 aromatic rings. The van der Waals surface area contributed by atoms with Gasteiger partial charge in [0.2, 0.25) is 17.7 Å². The monoisotopic (exact) mass is 663 g/mol. The zero-order chi connectivity index (χ0) is 33.4. The first-order valence-corrected chi connectivity index (χ1v) is 15.1. The van der Waals surface area contributed by atoms with Crippen molar-refractivity contribution in [2.75, 3.05) is 19.7 Å². The van der Waals surface area contributed by atoms with Crippen molar-refractivity contribution in [1.29, 1.82) is 0 Å². The third-order valence-electron chi connectivity index (χ3n) is 7.55. The number of hydrogen-bond acceptors (Lipinski definition) is 8. The second-order valence-electron chi connectivity index (χ2n) is 11.1. The van der Waals surface area contributed by atoms with Crippen LogP contribution in [0.15, 0.2) is 30.5 Å². The number of rotatable bonds is 7. The fourth-order valence-corrected chi connectivity index (χ4v) is 5.53. The molecule has 3 heterocycles. The Kier molecular flexibility index (Phi) is 11.5. The Labute approximate surface area is 268 Å². The van der Waals surface area contributed by atoms with Crippen molar-refractivity contribution in [2.24, 2.45) is 7.05 Å². The minimum absolute atomic E-state index is 0.0658. The number of amides is 5. The molecule has 2 fully saturated rings. The van der Waals surface area contributed by atoms with E-state index in [9.17, 15) is 38.3 Å². The summed E-state index contributed by atoms with van der Waals surface area (Å²) < 4.78 is 19.9. The molecule has 0 aliphatic carbocycles. The maximum Gasteiger partial charge on any atom is 0.326 e. The Balaban J connectivity index is 1.55. The third-order valence-corrected chi connectivity index (χ3v) is 7.83.